The third kappa shape index (κ3) is 17.8. The zero-order valence-electron chi connectivity index (χ0n) is 43.3. The number of alkyl carbamates (subject to hydrolysis) is 1. The van der Waals surface area contributed by atoms with Crippen molar-refractivity contribution in [2.45, 2.75) is 109 Å². The minimum Gasteiger partial charge on any atom is -0.465 e. The van der Waals surface area contributed by atoms with Crippen LogP contribution in [-0.2, 0) is 80.8 Å². The molecule has 0 unspecified atom stereocenters. The molecule has 0 aromatic heterocycles. The molecule has 6 rings (SSSR count). The molecule has 2 heterocycles. The van der Waals surface area contributed by atoms with Crippen LogP contribution in [-0.4, -0.2) is 151 Å². The lowest BCUT2D eigenvalue weighted by Gasteiger charge is -2.49. The minimum atomic E-state index is -2.90. The molecule has 2 fully saturated rings. The van der Waals surface area contributed by atoms with Gasteiger partial charge in [0.05, 0.1) is 42.9 Å². The molecule has 11 atom stereocenters. The van der Waals surface area contributed by atoms with Crippen molar-refractivity contribution in [3.63, 3.8) is 0 Å². The van der Waals surface area contributed by atoms with Crippen LogP contribution >= 0.6 is 46.6 Å². The Morgan fingerprint density at radius 3 is 1.61 bits per heavy atom. The summed E-state index contributed by atoms with van der Waals surface area (Å²) in [5.41, 5.74) is -1.26. The molecule has 1 amide bonds. The Labute approximate surface area is 477 Å². The van der Waals surface area contributed by atoms with E-state index in [2.05, 4.69) is 5.32 Å². The van der Waals surface area contributed by atoms with E-state index in [9.17, 15) is 43.2 Å². The molecule has 0 saturated carbocycles. The average Bonchev–Trinajstić information content (AvgIpc) is 3.63. The Balaban J connectivity index is 1.54. The van der Waals surface area contributed by atoms with E-state index in [1.807, 2.05) is 0 Å². The molecule has 428 valence electrons. The van der Waals surface area contributed by atoms with Gasteiger partial charge in [0.2, 0.25) is 3.79 Å². The molecule has 26 heteroatoms. The standard InChI is InChI=1S/C54H54Cl3NO21S/c1-30(59)69-27-39(73-32(3)61)42(74-33(4)62)44-41(58-52(67)70-29-54(55,56)57)38(72-31(2)60)26-53(79-44,51(66)68-5)71-28-40-43(76-47(63)34-18-10-6-11-19-34)45(77-48(64)35-20-12-7-13-21-35)46(78-49(65)36-22-14-8-15-23-36)50(75-40)80-37-24-16-9-17-25-37/h6-25,38-46,50H,26-29H2,1-5H3,(H,58,67)/t38-,39+,40+,41+,42+,43+,44+,45-,46+,50-,53+/m0/s1. The van der Waals surface area contributed by atoms with E-state index in [0.717, 1.165) is 46.6 Å². The van der Waals surface area contributed by atoms with Crippen LogP contribution in [0.1, 0.15) is 65.2 Å². The van der Waals surface area contributed by atoms with E-state index in [0.29, 0.717) is 4.90 Å². The number of ether oxygens (including phenoxy) is 12. The van der Waals surface area contributed by atoms with Crippen LogP contribution < -0.4 is 5.32 Å². The quantitative estimate of drug-likeness (QED) is 0.0517. The normalized spacial score (nSPS) is 23.2. The van der Waals surface area contributed by atoms with E-state index >= 15 is 0 Å². The van der Waals surface area contributed by atoms with Gasteiger partial charge in [0, 0.05) is 32.6 Å². The van der Waals surface area contributed by atoms with Crippen LogP contribution in [0.4, 0.5) is 4.79 Å². The fraction of sp³-hybridized carbons (Fsp3) is 0.389. The van der Waals surface area contributed by atoms with E-state index in [4.69, 9.17) is 91.6 Å². The third-order valence-corrected chi connectivity index (χ3v) is 13.1. The number of hydrogen-bond acceptors (Lipinski definition) is 22. The predicted molar refractivity (Wildman–Crippen MR) is 280 cm³/mol. The molecule has 0 bridgehead atoms. The van der Waals surface area contributed by atoms with Crippen molar-refractivity contribution in [2.75, 3.05) is 26.9 Å². The molecule has 4 aromatic carbocycles. The van der Waals surface area contributed by atoms with Gasteiger partial charge in [-0.2, -0.15) is 0 Å². The molecular formula is C54H54Cl3NO21S. The fourth-order valence-electron chi connectivity index (χ4n) is 8.29. The molecule has 1 N–H and O–H groups in total. The van der Waals surface area contributed by atoms with Crippen LogP contribution in [0.15, 0.2) is 126 Å². The lowest BCUT2D eigenvalue weighted by atomic mass is 9.88. The summed E-state index contributed by atoms with van der Waals surface area (Å²) >= 11 is 18.6. The lowest BCUT2D eigenvalue weighted by Crippen LogP contribution is -2.70. The van der Waals surface area contributed by atoms with Gasteiger partial charge in [-0.25, -0.2) is 24.0 Å². The molecule has 0 spiro atoms. The highest BCUT2D eigenvalue weighted by Gasteiger charge is 2.61. The van der Waals surface area contributed by atoms with Crippen molar-refractivity contribution in [1.82, 2.24) is 5.32 Å². The Morgan fingerprint density at radius 1 is 0.637 bits per heavy atom. The van der Waals surface area contributed by atoms with Gasteiger partial charge in [0.1, 0.15) is 37.0 Å². The summed E-state index contributed by atoms with van der Waals surface area (Å²) in [6.07, 6.45) is -16.9. The number of methoxy groups -OCH3 is 1. The molecular weight excluding hydrogens is 1140 g/mol. The maximum absolute atomic E-state index is 14.6. The summed E-state index contributed by atoms with van der Waals surface area (Å²) in [6, 6.07) is 29.9. The number of halogens is 3. The van der Waals surface area contributed by atoms with Crippen molar-refractivity contribution in [1.29, 1.82) is 0 Å². The third-order valence-electron chi connectivity index (χ3n) is 11.6. The van der Waals surface area contributed by atoms with Crippen LogP contribution in [0, 0.1) is 0 Å². The van der Waals surface area contributed by atoms with Crippen molar-refractivity contribution in [3.05, 3.63) is 138 Å². The number of carbonyl (C=O) groups excluding carboxylic acids is 9. The average molecular weight is 1190 g/mol. The molecule has 0 aliphatic carbocycles. The van der Waals surface area contributed by atoms with Crippen LogP contribution in [0.2, 0.25) is 0 Å². The highest BCUT2D eigenvalue weighted by molar-refractivity contribution is 7.99. The van der Waals surface area contributed by atoms with Gasteiger partial charge >= 0.3 is 53.8 Å². The molecule has 4 aromatic rings. The molecule has 2 aliphatic heterocycles. The van der Waals surface area contributed by atoms with Gasteiger partial charge in [-0.15, -0.1) is 0 Å². The second kappa shape index (κ2) is 28.9. The topological polar surface area (TPSA) is 276 Å². The first-order valence-electron chi connectivity index (χ1n) is 24.3. The summed E-state index contributed by atoms with van der Waals surface area (Å²) in [5.74, 6) is -11.2. The van der Waals surface area contributed by atoms with Crippen molar-refractivity contribution < 1.29 is 100.0 Å². The van der Waals surface area contributed by atoms with Crippen molar-refractivity contribution in [3.8, 4) is 0 Å². The summed E-state index contributed by atoms with van der Waals surface area (Å²) in [5, 5.41) is 2.41. The Bertz CT molecular complexity index is 2800. The predicted octanol–water partition coefficient (Wildman–Crippen LogP) is 6.68. The number of amides is 1. The number of hydrogen-bond donors (Lipinski definition) is 1. The summed E-state index contributed by atoms with van der Waals surface area (Å²) < 4.78 is 68.9. The number of carbonyl (C=O) groups is 9. The van der Waals surface area contributed by atoms with E-state index in [1.54, 1.807) is 84.9 Å². The van der Waals surface area contributed by atoms with Crippen LogP contribution in [0.5, 0.6) is 0 Å². The molecule has 2 saturated heterocycles. The Hall–Kier alpha value is -6.99. The van der Waals surface area contributed by atoms with Gasteiger partial charge < -0.3 is 62.2 Å². The number of rotatable bonds is 21. The zero-order chi connectivity index (χ0) is 58.1. The number of benzene rings is 4. The first kappa shape index (κ1) is 62.2. The van der Waals surface area contributed by atoms with Gasteiger partial charge in [-0.1, -0.05) is 119 Å². The Morgan fingerprint density at radius 2 is 1.14 bits per heavy atom. The number of nitrogens with one attached hydrogen (secondary N) is 1. The van der Waals surface area contributed by atoms with Gasteiger partial charge in [0.25, 0.3) is 5.79 Å². The minimum absolute atomic E-state index is 0.00568. The van der Waals surface area contributed by atoms with E-state index < -0.39 is 150 Å². The fourth-order valence-corrected chi connectivity index (χ4v) is 9.58. The summed E-state index contributed by atoms with van der Waals surface area (Å²) in [6.45, 7) is 1.26. The number of esters is 8. The van der Waals surface area contributed by atoms with Crippen molar-refractivity contribution >= 4 is 100 Å². The largest absolute Gasteiger partial charge is 0.465 e. The smallest absolute Gasteiger partial charge is 0.407 e. The first-order valence-corrected chi connectivity index (χ1v) is 26.3. The molecule has 2 aliphatic rings. The Kier molecular flexibility index (Phi) is 22.5. The van der Waals surface area contributed by atoms with Gasteiger partial charge in [-0.3, -0.25) is 19.2 Å². The van der Waals surface area contributed by atoms with Gasteiger partial charge in [-0.05, 0) is 48.5 Å². The molecule has 80 heavy (non-hydrogen) atoms. The van der Waals surface area contributed by atoms with Crippen LogP contribution in [0.25, 0.3) is 0 Å². The highest BCUT2D eigenvalue weighted by Crippen LogP contribution is 2.42. The maximum atomic E-state index is 14.6. The molecule has 22 nitrogen and oxygen atoms in total. The first-order chi connectivity index (χ1) is 38.1. The van der Waals surface area contributed by atoms with E-state index in [-0.39, 0.29) is 16.7 Å². The van der Waals surface area contributed by atoms with Gasteiger partial charge in [0.15, 0.2) is 30.5 Å². The summed E-state index contributed by atoms with van der Waals surface area (Å²) in [4.78, 5) is 123. The SMILES string of the molecule is COC(=O)[C@@]1(OC[C@H]2O[C@@H](Sc3ccccc3)[C@H](OC(=O)c3ccccc3)[C@@H](OC(=O)c3ccccc3)[C@@H]2OC(=O)c2ccccc2)C[C@H](OC(C)=O)[C@@H](NC(=O)OCC(Cl)(Cl)Cl)[C@H]([C@H](OC(C)=O)[C@@H](COC(C)=O)OC(C)=O)O1. The maximum Gasteiger partial charge on any atom is 0.407 e. The molecule has 0 radical (unpaired) electrons. The lowest BCUT2D eigenvalue weighted by molar-refractivity contribution is -0.324. The second-order valence-electron chi connectivity index (χ2n) is 17.6. The zero-order valence-corrected chi connectivity index (χ0v) is 46.3. The van der Waals surface area contributed by atoms with Crippen LogP contribution in [0.3, 0.4) is 0 Å². The number of alkyl halides is 3. The van der Waals surface area contributed by atoms with E-state index in [1.165, 1.54) is 36.4 Å². The monoisotopic (exact) mass is 1190 g/mol. The summed E-state index contributed by atoms with van der Waals surface area (Å²) in [7, 11) is 0.926. The van der Waals surface area contributed by atoms with Crippen molar-refractivity contribution in [2.24, 2.45) is 0 Å². The highest BCUT2D eigenvalue weighted by atomic mass is 35.6. The second-order valence-corrected chi connectivity index (χ2v) is 21.2. The number of thioether (sulfide) groups is 1.